The lowest BCUT2D eigenvalue weighted by atomic mass is 9.93. The summed E-state index contributed by atoms with van der Waals surface area (Å²) in [7, 11) is 0. The fourth-order valence-electron chi connectivity index (χ4n) is 1.80. The van der Waals surface area contributed by atoms with Gasteiger partial charge in [0.15, 0.2) is 0 Å². The Hall–Kier alpha value is -0.710. The molecule has 0 fully saturated rings. The molecule has 19 heavy (non-hydrogen) atoms. The zero-order valence-electron chi connectivity index (χ0n) is 11.5. The van der Waals surface area contributed by atoms with Gasteiger partial charge in [-0.2, -0.15) is 0 Å². The van der Waals surface area contributed by atoms with E-state index in [1.54, 1.807) is 23.9 Å². The van der Waals surface area contributed by atoms with Gasteiger partial charge in [-0.25, -0.2) is 0 Å². The van der Waals surface area contributed by atoms with Gasteiger partial charge in [-0.15, -0.1) is 11.8 Å². The predicted octanol–water partition coefficient (Wildman–Crippen LogP) is 3.34. The van der Waals surface area contributed by atoms with Gasteiger partial charge >= 0.3 is 0 Å². The number of aliphatic hydroxyl groups excluding tert-OH is 1. The first-order valence-corrected chi connectivity index (χ1v) is 7.89. The number of benzene rings is 1. The maximum atomic E-state index is 12.3. The Balaban J connectivity index is 3.00. The van der Waals surface area contributed by atoms with Crippen LogP contribution in [0.2, 0.25) is 5.02 Å². The molecule has 0 aliphatic heterocycles. The quantitative estimate of drug-likeness (QED) is 0.792. The van der Waals surface area contributed by atoms with Gasteiger partial charge in [-0.3, -0.25) is 4.79 Å². The highest BCUT2D eigenvalue weighted by atomic mass is 35.5. The molecule has 3 nitrogen and oxygen atoms in total. The van der Waals surface area contributed by atoms with Gasteiger partial charge in [0.05, 0.1) is 22.7 Å². The average Bonchev–Trinajstić information content (AvgIpc) is 2.45. The summed E-state index contributed by atoms with van der Waals surface area (Å²) in [5, 5.41) is 12.8. The van der Waals surface area contributed by atoms with E-state index in [0.29, 0.717) is 23.4 Å². The van der Waals surface area contributed by atoms with Crippen molar-refractivity contribution in [2.75, 3.05) is 12.9 Å². The minimum atomic E-state index is -0.574. The zero-order chi connectivity index (χ0) is 14.5. The molecule has 0 aliphatic carbocycles. The number of carbonyl (C=O) groups is 1. The predicted molar refractivity (Wildman–Crippen MR) is 81.1 cm³/mol. The van der Waals surface area contributed by atoms with Crippen molar-refractivity contribution in [3.63, 3.8) is 0 Å². The van der Waals surface area contributed by atoms with Crippen LogP contribution in [-0.4, -0.2) is 29.4 Å². The van der Waals surface area contributed by atoms with Crippen molar-refractivity contribution in [2.45, 2.75) is 37.1 Å². The second kappa shape index (κ2) is 7.17. The van der Waals surface area contributed by atoms with Crippen molar-refractivity contribution in [2.24, 2.45) is 0 Å². The van der Waals surface area contributed by atoms with Gasteiger partial charge < -0.3 is 10.4 Å². The Morgan fingerprint density at radius 2 is 2.05 bits per heavy atom. The van der Waals surface area contributed by atoms with Crippen LogP contribution < -0.4 is 5.32 Å². The first-order chi connectivity index (χ1) is 9.01. The minimum absolute atomic E-state index is 0.0778. The number of amides is 1. The fraction of sp³-hybridized carbons (Fsp3) is 0.500. The van der Waals surface area contributed by atoms with E-state index in [-0.39, 0.29) is 12.5 Å². The number of rotatable bonds is 6. The van der Waals surface area contributed by atoms with Crippen molar-refractivity contribution < 1.29 is 9.90 Å². The lowest BCUT2D eigenvalue weighted by Crippen LogP contribution is -2.50. The molecule has 1 rings (SSSR count). The number of halogens is 1. The van der Waals surface area contributed by atoms with Gasteiger partial charge in [-0.05, 0) is 37.3 Å². The summed E-state index contributed by atoms with van der Waals surface area (Å²) in [6.07, 6.45) is 3.29. The highest BCUT2D eigenvalue weighted by Crippen LogP contribution is 2.24. The molecule has 0 atom stereocenters. The van der Waals surface area contributed by atoms with Gasteiger partial charge in [-0.1, -0.05) is 25.4 Å². The monoisotopic (exact) mass is 301 g/mol. The van der Waals surface area contributed by atoms with Crippen molar-refractivity contribution >= 4 is 29.3 Å². The Labute approximate surface area is 123 Å². The smallest absolute Gasteiger partial charge is 0.253 e. The molecule has 0 heterocycles. The van der Waals surface area contributed by atoms with Crippen LogP contribution >= 0.6 is 23.4 Å². The third-order valence-corrected chi connectivity index (χ3v) is 4.51. The number of nitrogens with one attached hydrogen (secondary N) is 1. The van der Waals surface area contributed by atoms with E-state index in [1.165, 1.54) is 0 Å². The fourth-order valence-corrected chi connectivity index (χ4v) is 2.45. The molecule has 5 heteroatoms. The summed E-state index contributed by atoms with van der Waals surface area (Å²) in [4.78, 5) is 13.3. The van der Waals surface area contributed by atoms with E-state index in [0.717, 1.165) is 4.90 Å². The van der Waals surface area contributed by atoms with Crippen LogP contribution in [0.1, 0.15) is 37.0 Å². The lowest BCUT2D eigenvalue weighted by Gasteiger charge is -2.30. The van der Waals surface area contributed by atoms with Crippen molar-refractivity contribution in [1.29, 1.82) is 0 Å². The molecule has 0 saturated carbocycles. The minimum Gasteiger partial charge on any atom is -0.394 e. The van der Waals surface area contributed by atoms with E-state index in [2.05, 4.69) is 5.32 Å². The largest absolute Gasteiger partial charge is 0.394 e. The van der Waals surface area contributed by atoms with Crippen LogP contribution in [-0.2, 0) is 0 Å². The molecule has 0 spiro atoms. The molecule has 1 amide bonds. The number of carbonyl (C=O) groups excluding carboxylic acids is 1. The van der Waals surface area contributed by atoms with Gasteiger partial charge in [0.2, 0.25) is 0 Å². The van der Waals surface area contributed by atoms with Crippen LogP contribution in [0.15, 0.2) is 23.1 Å². The molecule has 0 radical (unpaired) electrons. The molecule has 0 aliphatic rings. The van der Waals surface area contributed by atoms with Crippen LogP contribution in [0.4, 0.5) is 0 Å². The van der Waals surface area contributed by atoms with Gasteiger partial charge in [0, 0.05) is 4.90 Å². The SMILES string of the molecule is CCC(CC)(CO)NC(=O)c1cc(SC)ccc1Cl. The Morgan fingerprint density at radius 3 is 2.53 bits per heavy atom. The summed E-state index contributed by atoms with van der Waals surface area (Å²) in [6.45, 7) is 3.81. The average molecular weight is 302 g/mol. The molecule has 2 N–H and O–H groups in total. The summed E-state index contributed by atoms with van der Waals surface area (Å²) >= 11 is 7.63. The van der Waals surface area contributed by atoms with Crippen LogP contribution in [0.25, 0.3) is 0 Å². The summed E-state index contributed by atoms with van der Waals surface area (Å²) in [5.41, 5.74) is -0.122. The van der Waals surface area contributed by atoms with Crippen molar-refractivity contribution in [3.8, 4) is 0 Å². The Kier molecular flexibility index (Phi) is 6.17. The topological polar surface area (TPSA) is 49.3 Å². The molecule has 0 aromatic heterocycles. The molecule has 0 bridgehead atoms. The van der Waals surface area contributed by atoms with Crippen LogP contribution in [0.5, 0.6) is 0 Å². The molecule has 0 saturated heterocycles. The number of aliphatic hydroxyl groups is 1. The first-order valence-electron chi connectivity index (χ1n) is 6.28. The van der Waals surface area contributed by atoms with Gasteiger partial charge in [0.25, 0.3) is 5.91 Å². The third-order valence-electron chi connectivity index (χ3n) is 3.45. The maximum absolute atomic E-state index is 12.3. The van der Waals surface area contributed by atoms with E-state index in [1.807, 2.05) is 26.2 Å². The second-order valence-electron chi connectivity index (χ2n) is 4.45. The molecular weight excluding hydrogens is 282 g/mol. The van der Waals surface area contributed by atoms with Crippen molar-refractivity contribution in [1.82, 2.24) is 5.32 Å². The maximum Gasteiger partial charge on any atom is 0.253 e. The molecule has 0 unspecified atom stereocenters. The number of thioether (sulfide) groups is 1. The Bertz CT molecular complexity index is 439. The molecule has 1 aromatic carbocycles. The first kappa shape index (κ1) is 16.3. The van der Waals surface area contributed by atoms with E-state index in [9.17, 15) is 9.90 Å². The van der Waals surface area contributed by atoms with Crippen LogP contribution in [0.3, 0.4) is 0 Å². The summed E-state index contributed by atoms with van der Waals surface area (Å²) < 4.78 is 0. The van der Waals surface area contributed by atoms with E-state index >= 15 is 0 Å². The second-order valence-corrected chi connectivity index (χ2v) is 5.73. The van der Waals surface area contributed by atoms with Crippen molar-refractivity contribution in [3.05, 3.63) is 28.8 Å². The van der Waals surface area contributed by atoms with E-state index in [4.69, 9.17) is 11.6 Å². The summed E-state index contributed by atoms with van der Waals surface area (Å²) in [5.74, 6) is -0.237. The van der Waals surface area contributed by atoms with Gasteiger partial charge in [0.1, 0.15) is 0 Å². The normalized spacial score (nSPS) is 11.4. The third kappa shape index (κ3) is 3.88. The zero-order valence-corrected chi connectivity index (χ0v) is 13.1. The van der Waals surface area contributed by atoms with Crippen LogP contribution in [0, 0.1) is 0 Å². The summed E-state index contributed by atoms with van der Waals surface area (Å²) in [6, 6.07) is 5.37. The lowest BCUT2D eigenvalue weighted by molar-refractivity contribution is 0.0818. The number of hydrogen-bond acceptors (Lipinski definition) is 3. The van der Waals surface area contributed by atoms with E-state index < -0.39 is 5.54 Å². The molecule has 106 valence electrons. The number of hydrogen-bond donors (Lipinski definition) is 2. The highest BCUT2D eigenvalue weighted by Gasteiger charge is 2.28. The highest BCUT2D eigenvalue weighted by molar-refractivity contribution is 7.98. The standard InChI is InChI=1S/C14H20ClNO2S/c1-4-14(5-2,9-17)16-13(18)11-8-10(19-3)6-7-12(11)15/h6-8,17H,4-5,9H2,1-3H3,(H,16,18). The molecule has 1 aromatic rings. The molecular formula is C14H20ClNO2S. The Morgan fingerprint density at radius 1 is 1.42 bits per heavy atom.